The van der Waals surface area contributed by atoms with Gasteiger partial charge in [-0.15, -0.1) is 0 Å². The predicted octanol–water partition coefficient (Wildman–Crippen LogP) is 4.66. The van der Waals surface area contributed by atoms with Crippen LogP contribution in [0.3, 0.4) is 0 Å². The van der Waals surface area contributed by atoms with Crippen LogP contribution < -0.4 is 9.64 Å². The Morgan fingerprint density at radius 3 is 2.53 bits per heavy atom. The van der Waals surface area contributed by atoms with Crippen LogP contribution in [-0.2, 0) is 27.6 Å². The summed E-state index contributed by atoms with van der Waals surface area (Å²) in [5, 5.41) is 0.536. The van der Waals surface area contributed by atoms with E-state index in [2.05, 4.69) is 11.9 Å². The molecule has 0 aliphatic rings. The maximum absolute atomic E-state index is 13.3. The first kappa shape index (κ1) is 23.8. The maximum atomic E-state index is 13.3. The molecule has 4 aromatic rings. The van der Waals surface area contributed by atoms with Crippen LogP contribution in [0.1, 0.15) is 24.6 Å². The van der Waals surface area contributed by atoms with Crippen molar-refractivity contribution >= 4 is 42.4 Å². The van der Waals surface area contributed by atoms with Crippen molar-refractivity contribution in [2.75, 3.05) is 17.8 Å². The maximum Gasteiger partial charge on any atom is 0.230 e. The number of aromatic nitrogens is 2. The minimum absolute atomic E-state index is 0.157. The van der Waals surface area contributed by atoms with Crippen molar-refractivity contribution in [3.05, 3.63) is 78.1 Å². The molecule has 0 aliphatic heterocycles. The number of aryl methyl sites for hydroxylation is 1. The minimum Gasteiger partial charge on any atom is -0.497 e. The van der Waals surface area contributed by atoms with Gasteiger partial charge in [-0.3, -0.25) is 14.7 Å². The van der Waals surface area contributed by atoms with Gasteiger partial charge < -0.3 is 4.74 Å². The first-order valence-electron chi connectivity index (χ1n) is 10.9. The highest BCUT2D eigenvalue weighted by Gasteiger charge is 2.24. The van der Waals surface area contributed by atoms with Crippen molar-refractivity contribution < 1.29 is 17.9 Å². The van der Waals surface area contributed by atoms with E-state index in [9.17, 15) is 13.2 Å². The van der Waals surface area contributed by atoms with Gasteiger partial charge in [0.25, 0.3) is 0 Å². The minimum atomic E-state index is -3.64. The van der Waals surface area contributed by atoms with Crippen molar-refractivity contribution in [1.29, 1.82) is 0 Å². The van der Waals surface area contributed by atoms with E-state index in [4.69, 9.17) is 9.72 Å². The highest BCUT2D eigenvalue weighted by molar-refractivity contribution is 7.91. The first-order chi connectivity index (χ1) is 16.4. The van der Waals surface area contributed by atoms with Crippen LogP contribution >= 0.6 is 11.3 Å². The summed E-state index contributed by atoms with van der Waals surface area (Å²) in [5.41, 5.74) is 2.67. The van der Waals surface area contributed by atoms with Crippen LogP contribution in [-0.4, -0.2) is 37.2 Å². The number of carbonyl (C=O) groups excluding carboxylic acids is 1. The number of fused-ring (bicyclic) bond motifs is 1. The number of benzene rings is 2. The molecule has 0 atom stereocenters. The second kappa shape index (κ2) is 10.3. The summed E-state index contributed by atoms with van der Waals surface area (Å²) >= 11 is 1.42. The van der Waals surface area contributed by atoms with Gasteiger partial charge in [-0.1, -0.05) is 36.5 Å². The monoisotopic (exact) mass is 495 g/mol. The Balaban J connectivity index is 1.60. The number of ether oxygens (including phenoxy) is 1. The van der Waals surface area contributed by atoms with Crippen molar-refractivity contribution in [2.24, 2.45) is 0 Å². The summed E-state index contributed by atoms with van der Waals surface area (Å²) < 4.78 is 31.8. The molecule has 9 heteroatoms. The number of sulfone groups is 1. The zero-order chi connectivity index (χ0) is 24.1. The second-order valence-corrected chi connectivity index (χ2v) is 10.8. The molecule has 0 unspecified atom stereocenters. The van der Waals surface area contributed by atoms with E-state index in [1.807, 2.05) is 36.4 Å². The van der Waals surface area contributed by atoms with Gasteiger partial charge in [0.1, 0.15) is 5.75 Å². The summed E-state index contributed by atoms with van der Waals surface area (Å²) in [7, 11) is -2.12. The van der Waals surface area contributed by atoms with Gasteiger partial charge in [-0.25, -0.2) is 13.4 Å². The topological polar surface area (TPSA) is 89.5 Å². The van der Waals surface area contributed by atoms with Gasteiger partial charge in [0.2, 0.25) is 5.91 Å². The number of methoxy groups -OCH3 is 1. The molecular formula is C25H25N3O4S2. The number of nitrogens with zero attached hydrogens (tertiary/aromatic N) is 3. The number of thiazole rings is 1. The Bertz CT molecular complexity index is 1380. The van der Waals surface area contributed by atoms with E-state index in [0.29, 0.717) is 16.6 Å². The smallest absolute Gasteiger partial charge is 0.230 e. The molecule has 0 saturated heterocycles. The van der Waals surface area contributed by atoms with Crippen molar-refractivity contribution in [3.8, 4) is 5.75 Å². The summed E-state index contributed by atoms with van der Waals surface area (Å²) in [6.45, 7) is 2.28. The van der Waals surface area contributed by atoms with E-state index in [1.54, 1.807) is 18.3 Å². The number of carbonyl (C=O) groups is 1. The second-order valence-electron chi connectivity index (χ2n) is 7.66. The molecule has 0 fully saturated rings. The first-order valence-corrected chi connectivity index (χ1v) is 13.3. The van der Waals surface area contributed by atoms with Crippen LogP contribution in [0.15, 0.2) is 71.8 Å². The molecule has 0 N–H and O–H groups in total. The van der Waals surface area contributed by atoms with Gasteiger partial charge in [-0.05, 0) is 54.4 Å². The van der Waals surface area contributed by atoms with Gasteiger partial charge in [0.05, 0.1) is 40.2 Å². The van der Waals surface area contributed by atoms with Crippen LogP contribution in [0.4, 0.5) is 5.13 Å². The fraction of sp³-hybridized carbons (Fsp3) is 0.240. The molecule has 2 aromatic heterocycles. The lowest BCUT2D eigenvalue weighted by Crippen LogP contribution is -2.32. The third-order valence-electron chi connectivity index (χ3n) is 5.45. The third kappa shape index (κ3) is 5.26. The van der Waals surface area contributed by atoms with E-state index in [0.717, 1.165) is 22.2 Å². The molecule has 0 spiro atoms. The normalized spacial score (nSPS) is 11.5. The zero-order valence-corrected chi connectivity index (χ0v) is 20.6. The number of anilines is 1. The highest BCUT2D eigenvalue weighted by atomic mass is 32.2. The number of para-hydroxylation sites is 1. The summed E-state index contributed by atoms with van der Waals surface area (Å²) in [6.07, 6.45) is 2.33. The summed E-state index contributed by atoms with van der Waals surface area (Å²) in [6, 6.07) is 17.6. The fourth-order valence-electron chi connectivity index (χ4n) is 3.57. The van der Waals surface area contributed by atoms with Crippen molar-refractivity contribution in [3.63, 3.8) is 0 Å². The molecule has 2 aromatic carbocycles. The Hall–Kier alpha value is -3.30. The van der Waals surface area contributed by atoms with E-state index in [-0.39, 0.29) is 29.5 Å². The molecule has 7 nitrogen and oxygen atoms in total. The number of amides is 1. The van der Waals surface area contributed by atoms with Crippen LogP contribution in [0, 0.1) is 0 Å². The van der Waals surface area contributed by atoms with Crippen LogP contribution in [0.2, 0.25) is 0 Å². The molecule has 0 aliphatic carbocycles. The lowest BCUT2D eigenvalue weighted by molar-refractivity contribution is -0.118. The Kier molecular flexibility index (Phi) is 7.23. The lowest BCUT2D eigenvalue weighted by atomic mass is 10.1. The standard InChI is InChI=1S/C25H25N3O4S2/c1-3-18-7-6-9-22-24(18)27-25(33-22)28(17-19-8-4-5-15-26-19)23(29)14-16-34(30,31)21-12-10-20(32-2)11-13-21/h4-13,15H,3,14,16-17H2,1-2H3. The third-order valence-corrected chi connectivity index (χ3v) is 8.23. The number of hydrogen-bond acceptors (Lipinski definition) is 7. The quantitative estimate of drug-likeness (QED) is 0.336. The van der Waals surface area contributed by atoms with E-state index < -0.39 is 9.84 Å². The summed E-state index contributed by atoms with van der Waals surface area (Å²) in [4.78, 5) is 24.1. The number of pyridine rings is 1. The van der Waals surface area contributed by atoms with E-state index >= 15 is 0 Å². The molecule has 0 saturated carbocycles. The lowest BCUT2D eigenvalue weighted by Gasteiger charge is -2.19. The van der Waals surface area contributed by atoms with Gasteiger partial charge >= 0.3 is 0 Å². The number of rotatable bonds is 9. The average molecular weight is 496 g/mol. The molecule has 34 heavy (non-hydrogen) atoms. The molecule has 0 bridgehead atoms. The molecular weight excluding hydrogens is 470 g/mol. The fourth-order valence-corrected chi connectivity index (χ4v) is 5.83. The Morgan fingerprint density at radius 2 is 1.85 bits per heavy atom. The predicted molar refractivity (Wildman–Crippen MR) is 134 cm³/mol. The SMILES string of the molecule is CCc1cccc2sc(N(Cc3ccccn3)C(=O)CCS(=O)(=O)c3ccc(OC)cc3)nc12. The van der Waals surface area contributed by atoms with Crippen molar-refractivity contribution in [1.82, 2.24) is 9.97 Å². The van der Waals surface area contributed by atoms with Gasteiger partial charge in [0.15, 0.2) is 15.0 Å². The number of hydrogen-bond donors (Lipinski definition) is 0. The van der Waals surface area contributed by atoms with Crippen LogP contribution in [0.5, 0.6) is 5.75 Å². The largest absolute Gasteiger partial charge is 0.497 e. The zero-order valence-electron chi connectivity index (χ0n) is 19.0. The highest BCUT2D eigenvalue weighted by Crippen LogP contribution is 2.32. The Morgan fingerprint density at radius 1 is 1.06 bits per heavy atom. The molecule has 176 valence electrons. The molecule has 1 amide bonds. The van der Waals surface area contributed by atoms with E-state index in [1.165, 1.54) is 35.5 Å². The van der Waals surface area contributed by atoms with Crippen molar-refractivity contribution in [2.45, 2.75) is 31.2 Å². The average Bonchev–Trinajstić information content (AvgIpc) is 3.30. The Labute approximate surface area is 203 Å². The van der Waals surface area contributed by atoms with Gasteiger partial charge in [-0.2, -0.15) is 0 Å². The molecule has 4 rings (SSSR count). The van der Waals surface area contributed by atoms with Gasteiger partial charge in [0, 0.05) is 12.6 Å². The molecule has 0 radical (unpaired) electrons. The summed E-state index contributed by atoms with van der Waals surface area (Å²) in [5.74, 6) is -0.0548. The van der Waals surface area contributed by atoms with Crippen LogP contribution in [0.25, 0.3) is 10.2 Å². The molecule has 2 heterocycles.